The molecule has 1 heterocycles. The van der Waals surface area contributed by atoms with Crippen molar-refractivity contribution in [2.24, 2.45) is 7.05 Å². The Balaban J connectivity index is 2.09. The summed E-state index contributed by atoms with van der Waals surface area (Å²) in [7, 11) is 4.80. The van der Waals surface area contributed by atoms with Gasteiger partial charge in [-0.15, -0.1) is 0 Å². The van der Waals surface area contributed by atoms with Gasteiger partial charge in [0.05, 0.1) is 14.2 Å². The first-order chi connectivity index (χ1) is 12.5. The summed E-state index contributed by atoms with van der Waals surface area (Å²) in [5, 5.41) is 1.06. The van der Waals surface area contributed by atoms with Gasteiger partial charge in [0, 0.05) is 36.5 Å². The van der Waals surface area contributed by atoms with Crippen LogP contribution in [0.1, 0.15) is 23.5 Å². The number of hydrogen-bond acceptors (Lipinski definition) is 4. The predicted molar refractivity (Wildman–Crippen MR) is 99.4 cm³/mol. The number of hydrogen-bond donors (Lipinski definition) is 0. The molecule has 0 saturated heterocycles. The van der Waals surface area contributed by atoms with Crippen molar-refractivity contribution in [3.05, 3.63) is 65.9 Å². The van der Waals surface area contributed by atoms with E-state index in [9.17, 15) is 9.59 Å². The van der Waals surface area contributed by atoms with E-state index in [2.05, 4.69) is 4.74 Å². The van der Waals surface area contributed by atoms with Crippen molar-refractivity contribution in [1.82, 2.24) is 4.57 Å². The minimum Gasteiger partial charge on any atom is -0.497 e. The second kappa shape index (κ2) is 7.44. The first-order valence-electron chi connectivity index (χ1n) is 8.34. The van der Waals surface area contributed by atoms with Gasteiger partial charge in [0.1, 0.15) is 5.75 Å². The van der Waals surface area contributed by atoms with Crippen LogP contribution < -0.4 is 4.74 Å². The standard InChI is InChI=1S/C21H21NO4/c1-22-13-18(16-6-4-5-7-19(16)22)17(12-20(23)21(24)26-3)14-8-10-15(25-2)11-9-14/h4-11,13,17H,12H2,1-3H3/t17-/m0/s1. The molecule has 1 aromatic heterocycles. The molecule has 134 valence electrons. The molecule has 0 bridgehead atoms. The van der Waals surface area contributed by atoms with Crippen LogP contribution in [-0.2, 0) is 21.4 Å². The maximum absolute atomic E-state index is 12.3. The molecule has 5 nitrogen and oxygen atoms in total. The van der Waals surface area contributed by atoms with Crippen molar-refractivity contribution in [1.29, 1.82) is 0 Å². The summed E-state index contributed by atoms with van der Waals surface area (Å²) in [6.45, 7) is 0. The van der Waals surface area contributed by atoms with E-state index in [1.54, 1.807) is 7.11 Å². The Bertz CT molecular complexity index is 940. The molecule has 0 fully saturated rings. The summed E-state index contributed by atoms with van der Waals surface area (Å²) in [6.07, 6.45) is 2.07. The molecule has 0 spiro atoms. The number of methoxy groups -OCH3 is 2. The smallest absolute Gasteiger partial charge is 0.374 e. The molecule has 0 N–H and O–H groups in total. The summed E-state index contributed by atoms with van der Waals surface area (Å²) in [5.74, 6) is -0.867. The van der Waals surface area contributed by atoms with Crippen LogP contribution in [0.5, 0.6) is 5.75 Å². The highest BCUT2D eigenvalue weighted by Crippen LogP contribution is 2.35. The van der Waals surface area contributed by atoms with Gasteiger partial charge >= 0.3 is 5.97 Å². The summed E-state index contributed by atoms with van der Waals surface area (Å²) in [4.78, 5) is 24.0. The quantitative estimate of drug-likeness (QED) is 0.504. The Morgan fingerprint density at radius 2 is 1.73 bits per heavy atom. The van der Waals surface area contributed by atoms with E-state index in [4.69, 9.17) is 4.74 Å². The van der Waals surface area contributed by atoms with Crippen molar-refractivity contribution < 1.29 is 19.1 Å². The molecule has 0 saturated carbocycles. The van der Waals surface area contributed by atoms with Crippen LogP contribution in [0.4, 0.5) is 0 Å². The number of carbonyl (C=O) groups excluding carboxylic acids is 2. The van der Waals surface area contributed by atoms with Crippen molar-refractivity contribution in [3.8, 4) is 5.75 Å². The van der Waals surface area contributed by atoms with E-state index < -0.39 is 11.8 Å². The van der Waals surface area contributed by atoms with Crippen LogP contribution in [0, 0.1) is 0 Å². The molecule has 3 rings (SSSR count). The molecule has 0 aliphatic heterocycles. The third kappa shape index (κ3) is 3.33. The van der Waals surface area contributed by atoms with E-state index in [0.29, 0.717) is 0 Å². The number of benzene rings is 2. The highest BCUT2D eigenvalue weighted by Gasteiger charge is 2.25. The summed E-state index contributed by atoms with van der Waals surface area (Å²) in [5.41, 5.74) is 3.02. The number of fused-ring (bicyclic) bond motifs is 1. The second-order valence-corrected chi connectivity index (χ2v) is 6.16. The van der Waals surface area contributed by atoms with Gasteiger partial charge in [-0.2, -0.15) is 0 Å². The first-order valence-corrected chi connectivity index (χ1v) is 8.34. The molecule has 0 aliphatic rings. The fourth-order valence-corrected chi connectivity index (χ4v) is 3.28. The number of nitrogens with zero attached hydrogens (tertiary/aromatic N) is 1. The zero-order valence-corrected chi connectivity index (χ0v) is 15.1. The van der Waals surface area contributed by atoms with E-state index in [-0.39, 0.29) is 12.3 Å². The van der Waals surface area contributed by atoms with Crippen molar-refractivity contribution in [3.63, 3.8) is 0 Å². The maximum atomic E-state index is 12.3. The number of esters is 1. The minimum absolute atomic E-state index is 0.0486. The largest absolute Gasteiger partial charge is 0.497 e. The molecular weight excluding hydrogens is 330 g/mol. The van der Waals surface area contributed by atoms with Crippen LogP contribution in [-0.4, -0.2) is 30.5 Å². The highest BCUT2D eigenvalue weighted by atomic mass is 16.5. The van der Waals surface area contributed by atoms with Crippen molar-refractivity contribution in [2.45, 2.75) is 12.3 Å². The lowest BCUT2D eigenvalue weighted by Crippen LogP contribution is -2.19. The number of para-hydroxylation sites is 1. The number of Topliss-reactive ketones (excluding diaryl/α,β-unsaturated/α-hetero) is 1. The van der Waals surface area contributed by atoms with E-state index >= 15 is 0 Å². The fraction of sp³-hybridized carbons (Fsp3) is 0.238. The van der Waals surface area contributed by atoms with Gasteiger partial charge in [-0.1, -0.05) is 30.3 Å². The number of ketones is 1. The number of ether oxygens (including phenoxy) is 2. The molecule has 0 amide bonds. The van der Waals surface area contributed by atoms with Crippen LogP contribution in [0.25, 0.3) is 10.9 Å². The average molecular weight is 351 g/mol. The number of aromatic nitrogens is 1. The Morgan fingerprint density at radius 1 is 1.04 bits per heavy atom. The van der Waals surface area contributed by atoms with Crippen LogP contribution in [0.2, 0.25) is 0 Å². The lowest BCUT2D eigenvalue weighted by atomic mass is 9.87. The number of rotatable bonds is 6. The van der Waals surface area contributed by atoms with Crippen LogP contribution >= 0.6 is 0 Å². The minimum atomic E-state index is -0.816. The summed E-state index contributed by atoms with van der Waals surface area (Å²) >= 11 is 0. The van der Waals surface area contributed by atoms with Crippen molar-refractivity contribution >= 4 is 22.7 Å². The van der Waals surface area contributed by atoms with E-state index in [0.717, 1.165) is 27.8 Å². The normalized spacial score (nSPS) is 12.0. The maximum Gasteiger partial charge on any atom is 0.374 e. The molecule has 26 heavy (non-hydrogen) atoms. The highest BCUT2D eigenvalue weighted by molar-refractivity contribution is 6.33. The van der Waals surface area contributed by atoms with Gasteiger partial charge in [-0.05, 0) is 29.3 Å². The van der Waals surface area contributed by atoms with Gasteiger partial charge in [0.15, 0.2) is 0 Å². The molecule has 1 atom stereocenters. The number of carbonyl (C=O) groups is 2. The predicted octanol–water partition coefficient (Wildman–Crippen LogP) is 3.45. The third-order valence-corrected chi connectivity index (χ3v) is 4.62. The summed E-state index contributed by atoms with van der Waals surface area (Å²) in [6, 6.07) is 15.6. The monoisotopic (exact) mass is 351 g/mol. The molecular formula is C21H21NO4. The Kier molecular flexibility index (Phi) is 5.07. The molecule has 0 unspecified atom stereocenters. The average Bonchev–Trinajstić information content (AvgIpc) is 3.02. The Morgan fingerprint density at radius 3 is 2.38 bits per heavy atom. The number of aryl methyl sites for hydroxylation is 1. The van der Waals surface area contributed by atoms with Crippen LogP contribution in [0.15, 0.2) is 54.7 Å². The van der Waals surface area contributed by atoms with Gasteiger partial charge in [-0.3, -0.25) is 4.79 Å². The molecule has 5 heteroatoms. The topological polar surface area (TPSA) is 57.5 Å². The lowest BCUT2D eigenvalue weighted by Gasteiger charge is -2.16. The second-order valence-electron chi connectivity index (χ2n) is 6.16. The van der Waals surface area contributed by atoms with Gasteiger partial charge in [0.25, 0.3) is 0 Å². The van der Waals surface area contributed by atoms with Crippen LogP contribution in [0.3, 0.4) is 0 Å². The Labute approximate surface area is 152 Å². The fourth-order valence-electron chi connectivity index (χ4n) is 3.28. The Hall–Kier alpha value is -3.08. The molecule has 3 aromatic rings. The van der Waals surface area contributed by atoms with Gasteiger partial charge in [0.2, 0.25) is 5.78 Å². The molecule has 0 aliphatic carbocycles. The third-order valence-electron chi connectivity index (χ3n) is 4.62. The van der Waals surface area contributed by atoms with E-state index in [1.165, 1.54) is 7.11 Å². The molecule has 0 radical (unpaired) electrons. The first kappa shape index (κ1) is 17.7. The van der Waals surface area contributed by atoms with Crippen molar-refractivity contribution in [2.75, 3.05) is 14.2 Å². The zero-order chi connectivity index (χ0) is 18.7. The SMILES string of the molecule is COC(=O)C(=O)C[C@@H](c1ccc(OC)cc1)c1cn(C)c2ccccc12. The molecule has 2 aromatic carbocycles. The zero-order valence-electron chi connectivity index (χ0n) is 15.1. The lowest BCUT2D eigenvalue weighted by molar-refractivity contribution is -0.151. The summed E-state index contributed by atoms with van der Waals surface area (Å²) < 4.78 is 11.9. The van der Waals surface area contributed by atoms with E-state index in [1.807, 2.05) is 66.3 Å². The van der Waals surface area contributed by atoms with Gasteiger partial charge in [-0.25, -0.2) is 4.79 Å². The van der Waals surface area contributed by atoms with Gasteiger partial charge < -0.3 is 14.0 Å².